The maximum atomic E-state index is 12.2. The number of amides is 1. The monoisotopic (exact) mass is 253 g/mol. The van der Waals surface area contributed by atoms with Crippen LogP contribution in [0.1, 0.15) is 39.0 Å². The molecule has 0 aromatic heterocycles. The number of hydrogen-bond donors (Lipinski definition) is 1. The van der Waals surface area contributed by atoms with Gasteiger partial charge in [-0.1, -0.05) is 13.3 Å². The van der Waals surface area contributed by atoms with Gasteiger partial charge in [-0.2, -0.15) is 0 Å². The average Bonchev–Trinajstić information content (AvgIpc) is 2.93. The van der Waals surface area contributed by atoms with Gasteiger partial charge in [0.05, 0.1) is 18.3 Å². The summed E-state index contributed by atoms with van der Waals surface area (Å²) in [6.07, 6.45) is 4.33. The predicted octanol–water partition coefficient (Wildman–Crippen LogP) is 1.17. The van der Waals surface area contributed by atoms with Crippen LogP contribution >= 0.6 is 0 Å². The van der Waals surface area contributed by atoms with Crippen LogP contribution in [0.2, 0.25) is 0 Å². The van der Waals surface area contributed by atoms with Crippen LogP contribution in [-0.2, 0) is 9.53 Å². The third-order valence-electron chi connectivity index (χ3n) is 4.95. The molecule has 0 radical (unpaired) electrons. The molecule has 3 aliphatic rings. The summed E-state index contributed by atoms with van der Waals surface area (Å²) in [7, 11) is 0. The van der Waals surface area contributed by atoms with Gasteiger partial charge in [-0.15, -0.1) is 0 Å². The summed E-state index contributed by atoms with van der Waals surface area (Å²) in [5.41, 5.74) is -0.0430. The maximum Gasteiger partial charge on any atom is 0.225 e. The Morgan fingerprint density at radius 2 is 2.28 bits per heavy atom. The van der Waals surface area contributed by atoms with E-state index < -0.39 is 0 Å². The van der Waals surface area contributed by atoms with Gasteiger partial charge in [-0.25, -0.2) is 0 Å². The van der Waals surface area contributed by atoms with Gasteiger partial charge in [0.25, 0.3) is 0 Å². The Balaban J connectivity index is 1.57. The van der Waals surface area contributed by atoms with Crippen LogP contribution in [0.15, 0.2) is 0 Å². The zero-order chi connectivity index (χ0) is 12.8. The first-order valence-corrected chi connectivity index (χ1v) is 7.23. The Bertz CT molecular complexity index is 340. The Labute approximate surface area is 108 Å². The molecule has 2 unspecified atom stereocenters. The van der Waals surface area contributed by atoms with E-state index in [1.54, 1.807) is 0 Å². The number of carbonyl (C=O) groups excluding carboxylic acids is 1. The van der Waals surface area contributed by atoms with E-state index >= 15 is 0 Å². The number of carbonyl (C=O) groups is 1. The standard InChI is InChI=1S/C14H23NO3/c1-2-10-7-14(18-8-10)3-4-15(9-14)13(17)11-5-12(16)6-11/h10-12,16H,2-9H2,1H3. The molecule has 4 nitrogen and oxygen atoms in total. The van der Waals surface area contributed by atoms with Crippen molar-refractivity contribution in [1.82, 2.24) is 4.90 Å². The van der Waals surface area contributed by atoms with Gasteiger partial charge < -0.3 is 14.7 Å². The molecule has 2 atom stereocenters. The minimum Gasteiger partial charge on any atom is -0.393 e. The number of nitrogens with zero attached hydrogens (tertiary/aromatic N) is 1. The van der Waals surface area contributed by atoms with Crippen molar-refractivity contribution in [2.24, 2.45) is 11.8 Å². The van der Waals surface area contributed by atoms with Crippen molar-refractivity contribution >= 4 is 5.91 Å². The van der Waals surface area contributed by atoms with Crippen molar-refractivity contribution in [1.29, 1.82) is 0 Å². The lowest BCUT2D eigenvalue weighted by Gasteiger charge is -2.33. The highest BCUT2D eigenvalue weighted by Gasteiger charge is 2.48. The van der Waals surface area contributed by atoms with Gasteiger partial charge in [-0.3, -0.25) is 4.79 Å². The molecule has 0 bridgehead atoms. The first-order chi connectivity index (χ1) is 8.62. The quantitative estimate of drug-likeness (QED) is 0.804. The Hall–Kier alpha value is -0.610. The highest BCUT2D eigenvalue weighted by atomic mass is 16.5. The third-order valence-corrected chi connectivity index (χ3v) is 4.95. The van der Waals surface area contributed by atoms with Gasteiger partial charge in [-0.05, 0) is 31.6 Å². The van der Waals surface area contributed by atoms with Crippen LogP contribution < -0.4 is 0 Å². The van der Waals surface area contributed by atoms with Crippen molar-refractivity contribution in [3.8, 4) is 0 Å². The molecule has 1 spiro atoms. The average molecular weight is 253 g/mol. The fraction of sp³-hybridized carbons (Fsp3) is 0.929. The summed E-state index contributed by atoms with van der Waals surface area (Å²) in [6, 6.07) is 0. The maximum absolute atomic E-state index is 12.2. The second-order valence-electron chi connectivity index (χ2n) is 6.30. The van der Waals surface area contributed by atoms with E-state index in [-0.39, 0.29) is 23.5 Å². The lowest BCUT2D eigenvalue weighted by molar-refractivity contribution is -0.142. The molecule has 18 heavy (non-hydrogen) atoms. The molecule has 0 aromatic rings. The summed E-state index contributed by atoms with van der Waals surface area (Å²) in [4.78, 5) is 14.2. The van der Waals surface area contributed by atoms with E-state index in [0.717, 1.165) is 32.5 Å². The highest BCUT2D eigenvalue weighted by molar-refractivity contribution is 5.80. The predicted molar refractivity (Wildman–Crippen MR) is 67.0 cm³/mol. The summed E-state index contributed by atoms with van der Waals surface area (Å²) in [6.45, 7) is 4.68. The lowest BCUT2D eigenvalue weighted by Crippen LogP contribution is -2.44. The topological polar surface area (TPSA) is 49.8 Å². The van der Waals surface area contributed by atoms with Crippen molar-refractivity contribution in [2.45, 2.75) is 50.7 Å². The Morgan fingerprint density at radius 1 is 1.50 bits per heavy atom. The van der Waals surface area contributed by atoms with Gasteiger partial charge in [0.15, 0.2) is 0 Å². The smallest absolute Gasteiger partial charge is 0.225 e. The molecule has 0 aromatic carbocycles. The molecule has 3 fully saturated rings. The van der Waals surface area contributed by atoms with E-state index in [1.807, 2.05) is 4.90 Å². The minimum atomic E-state index is -0.247. The van der Waals surface area contributed by atoms with Crippen molar-refractivity contribution in [2.75, 3.05) is 19.7 Å². The number of aliphatic hydroxyl groups excluding tert-OH is 1. The van der Waals surface area contributed by atoms with E-state index in [1.165, 1.54) is 6.42 Å². The molecule has 1 aliphatic carbocycles. The normalized spacial score (nSPS) is 43.4. The first-order valence-electron chi connectivity index (χ1n) is 7.23. The Kier molecular flexibility index (Phi) is 3.10. The second kappa shape index (κ2) is 4.49. The lowest BCUT2D eigenvalue weighted by atomic mass is 9.81. The molecule has 1 amide bonds. The van der Waals surface area contributed by atoms with Crippen LogP contribution in [0.3, 0.4) is 0 Å². The summed E-state index contributed by atoms with van der Waals surface area (Å²) >= 11 is 0. The van der Waals surface area contributed by atoms with Crippen molar-refractivity contribution in [3.05, 3.63) is 0 Å². The third kappa shape index (κ3) is 2.05. The van der Waals surface area contributed by atoms with Crippen LogP contribution in [0.5, 0.6) is 0 Å². The number of rotatable bonds is 2. The molecule has 2 aliphatic heterocycles. The molecule has 3 rings (SSSR count). The number of ether oxygens (including phenoxy) is 1. The largest absolute Gasteiger partial charge is 0.393 e. The zero-order valence-corrected chi connectivity index (χ0v) is 11.1. The Morgan fingerprint density at radius 3 is 2.89 bits per heavy atom. The fourth-order valence-corrected chi connectivity index (χ4v) is 3.57. The molecular weight excluding hydrogens is 230 g/mol. The summed E-state index contributed by atoms with van der Waals surface area (Å²) in [5.74, 6) is 0.977. The van der Waals surface area contributed by atoms with Crippen molar-refractivity contribution in [3.63, 3.8) is 0 Å². The van der Waals surface area contributed by atoms with E-state index in [2.05, 4.69) is 6.92 Å². The molecule has 102 valence electrons. The second-order valence-corrected chi connectivity index (χ2v) is 6.30. The molecule has 1 saturated carbocycles. The van der Waals surface area contributed by atoms with E-state index in [9.17, 15) is 9.90 Å². The molecule has 2 heterocycles. The number of hydrogen-bond acceptors (Lipinski definition) is 3. The summed E-state index contributed by atoms with van der Waals surface area (Å²) < 4.78 is 5.99. The minimum absolute atomic E-state index is 0.0430. The van der Waals surface area contributed by atoms with E-state index in [0.29, 0.717) is 18.8 Å². The van der Waals surface area contributed by atoms with Gasteiger partial charge in [0.1, 0.15) is 0 Å². The van der Waals surface area contributed by atoms with Crippen molar-refractivity contribution < 1.29 is 14.6 Å². The van der Waals surface area contributed by atoms with Crippen LogP contribution in [0, 0.1) is 11.8 Å². The van der Waals surface area contributed by atoms with Crippen LogP contribution in [0.4, 0.5) is 0 Å². The fourth-order valence-electron chi connectivity index (χ4n) is 3.57. The number of aliphatic hydroxyl groups is 1. The van der Waals surface area contributed by atoms with Gasteiger partial charge in [0.2, 0.25) is 5.91 Å². The summed E-state index contributed by atoms with van der Waals surface area (Å²) in [5, 5.41) is 9.29. The highest BCUT2D eigenvalue weighted by Crippen LogP contribution is 2.40. The van der Waals surface area contributed by atoms with Crippen LogP contribution in [0.25, 0.3) is 0 Å². The SMILES string of the molecule is CCC1COC2(CCN(C(=O)C3CC(O)C3)C2)C1. The van der Waals surface area contributed by atoms with Gasteiger partial charge >= 0.3 is 0 Å². The van der Waals surface area contributed by atoms with Crippen LogP contribution in [-0.4, -0.2) is 47.3 Å². The number of likely N-dealkylation sites (tertiary alicyclic amines) is 1. The molecule has 1 N–H and O–H groups in total. The molecular formula is C14H23NO3. The zero-order valence-electron chi connectivity index (χ0n) is 11.1. The first kappa shape index (κ1) is 12.4. The van der Waals surface area contributed by atoms with E-state index in [4.69, 9.17) is 4.74 Å². The molecule has 2 saturated heterocycles. The molecule has 4 heteroatoms. The van der Waals surface area contributed by atoms with Gasteiger partial charge in [0, 0.05) is 19.0 Å².